The van der Waals surface area contributed by atoms with Crippen LogP contribution < -0.4 is 39.7 Å². The van der Waals surface area contributed by atoms with Gasteiger partial charge in [-0.1, -0.05) is 90.5 Å². The first-order chi connectivity index (χ1) is 33.5. The maximum Gasteiger partial charge on any atom is 0.421 e. The third-order valence-corrected chi connectivity index (χ3v) is 20.0. The second-order valence-electron chi connectivity index (χ2n) is 19.7. The Morgan fingerprint density at radius 1 is 0.606 bits per heavy atom. The Kier molecular flexibility index (Phi) is 28.3. The third kappa shape index (κ3) is 22.3. The molecule has 18 heteroatoms. The van der Waals surface area contributed by atoms with Crippen molar-refractivity contribution in [2.75, 3.05) is 11.5 Å². The minimum Gasteiger partial charge on any atom is -1.00 e. The highest BCUT2D eigenvalue weighted by molar-refractivity contribution is 8.77. The van der Waals surface area contributed by atoms with E-state index in [1.807, 2.05) is 104 Å². The minimum atomic E-state index is -0.663. The summed E-state index contributed by atoms with van der Waals surface area (Å²) >= 11 is 0. The van der Waals surface area contributed by atoms with E-state index >= 15 is 0 Å². The quantitative estimate of drug-likeness (QED) is 0.0403. The number of carbonyl (C=O) groups is 2. The van der Waals surface area contributed by atoms with Crippen LogP contribution in [0.4, 0.5) is 23.3 Å². The van der Waals surface area contributed by atoms with Gasteiger partial charge >= 0.3 is 17.9 Å². The number of rotatable bonds is 20. The first kappa shape index (κ1) is 60.7. The molecule has 2 unspecified atom stereocenters. The van der Waals surface area contributed by atoms with Crippen molar-refractivity contribution in [3.63, 3.8) is 0 Å². The number of carboxylic acid groups (broad SMARTS) is 1. The molecule has 2 saturated heterocycles. The molecule has 2 atom stereocenters. The highest BCUT2D eigenvalue weighted by atomic mass is 35.5. The van der Waals surface area contributed by atoms with Crippen molar-refractivity contribution in [1.82, 2.24) is 9.13 Å². The van der Waals surface area contributed by atoms with Crippen molar-refractivity contribution in [1.29, 1.82) is 0 Å². The topological polar surface area (TPSA) is 147 Å². The second kappa shape index (κ2) is 33.1. The molecule has 2 aromatic heterocycles. The molecule has 0 spiro atoms. The lowest BCUT2D eigenvalue weighted by Crippen LogP contribution is -3.00. The number of azo groups is 2. The summed E-state index contributed by atoms with van der Waals surface area (Å²) in [4.78, 5) is 22.6. The zero-order chi connectivity index (χ0) is 48.8. The molecule has 392 valence electrons. The van der Waals surface area contributed by atoms with Crippen LogP contribution in [0.25, 0.3) is 0 Å². The first-order valence-electron chi connectivity index (χ1n) is 25.6. The van der Waals surface area contributed by atoms with E-state index in [1.165, 1.54) is 106 Å². The normalized spacial score (nSPS) is 22.0. The highest BCUT2D eigenvalue weighted by Gasteiger charge is 2.24. The number of aryl methyl sites for hydroxylation is 4. The molecule has 4 fully saturated rings. The van der Waals surface area contributed by atoms with Crippen molar-refractivity contribution in [2.45, 2.75) is 151 Å². The number of aromatic nitrogens is 4. The van der Waals surface area contributed by atoms with Crippen LogP contribution in [0.5, 0.6) is 0 Å². The molecule has 3 N–H and O–H groups in total. The van der Waals surface area contributed by atoms with Crippen molar-refractivity contribution < 1.29 is 48.6 Å². The Morgan fingerprint density at radius 3 is 1.42 bits per heavy atom. The van der Waals surface area contributed by atoms with E-state index in [1.54, 1.807) is 0 Å². The lowest BCUT2D eigenvalue weighted by Gasteiger charge is -2.28. The molecule has 2 saturated carbocycles. The summed E-state index contributed by atoms with van der Waals surface area (Å²) in [5.41, 5.74) is 10.5. The zero-order valence-corrected chi connectivity index (χ0v) is 47.2. The van der Waals surface area contributed by atoms with Crippen molar-refractivity contribution >= 4 is 78.2 Å². The molecular formula is C53H79Cl2N9O3S4. The number of nitrogens with two attached hydrogens (primary N) is 1. The van der Waals surface area contributed by atoms with E-state index < -0.39 is 5.97 Å². The van der Waals surface area contributed by atoms with Crippen molar-refractivity contribution in [3.8, 4) is 0 Å². The molecule has 0 radical (unpaired) electrons. The summed E-state index contributed by atoms with van der Waals surface area (Å²) in [6.45, 7) is 0. The van der Waals surface area contributed by atoms with Gasteiger partial charge in [0.1, 0.15) is 17.2 Å². The van der Waals surface area contributed by atoms with Gasteiger partial charge in [0, 0.05) is 57.5 Å². The van der Waals surface area contributed by atoms with E-state index in [4.69, 9.17) is 10.8 Å². The number of Topliss-reactive ketones (excluding diaryl/α,β-unsaturated/α-hetero) is 1. The van der Waals surface area contributed by atoms with Crippen molar-refractivity contribution in [2.24, 2.45) is 72.1 Å². The largest absolute Gasteiger partial charge is 1.00 e. The van der Waals surface area contributed by atoms with Crippen molar-refractivity contribution in [3.05, 3.63) is 84.4 Å². The van der Waals surface area contributed by atoms with Gasteiger partial charge in [-0.25, -0.2) is 18.3 Å². The molecule has 12 nitrogen and oxygen atoms in total. The molecule has 2 aliphatic heterocycles. The van der Waals surface area contributed by atoms with Gasteiger partial charge in [0.05, 0.1) is 53.0 Å². The predicted octanol–water partition coefficient (Wildman–Crippen LogP) is 7.41. The molecule has 8 rings (SSSR count). The van der Waals surface area contributed by atoms with Gasteiger partial charge in [0.2, 0.25) is 0 Å². The standard InChI is InChI=1S/C27H39N4OS2.C18H26N5.C8H14O2S2.2ClH/c1-30-16-17-31(2)27(30)29-28-24-13-11-22(12-14-24)19-21-7-9-23(10-8-21)20-25(32)5-3-4-6-26-15-18-33-34-26;1-22-11-12-23(2)18(22)21-20-17-9-5-15(6-10-17)13-14-3-7-16(19)8-4-14;9-8(10)4-2-1-3-7-5-6-11-12-7;;/h11-14,16-17,21,23,26H,3-10,15,18-20H2,1-2H3;5-6,9-12,14,16H,3-4,7-8,13,19H2,1-2H3;7H,1-6H2,(H,9,10);2*1H/q2*+1;;;/p-2. The molecule has 2 aromatic carbocycles. The van der Waals surface area contributed by atoms with Gasteiger partial charge in [-0.2, -0.15) is 0 Å². The van der Waals surface area contributed by atoms with Crippen LogP contribution >= 0.6 is 43.2 Å². The zero-order valence-electron chi connectivity index (χ0n) is 42.5. The van der Waals surface area contributed by atoms with Crippen LogP contribution in [-0.2, 0) is 50.6 Å². The fraction of sp³-hybridized carbons (Fsp3) is 0.623. The van der Waals surface area contributed by atoms with Gasteiger partial charge in [-0.3, -0.25) is 9.59 Å². The Bertz CT molecular complexity index is 2160. The summed E-state index contributed by atoms with van der Waals surface area (Å²) in [6.07, 6.45) is 31.3. The summed E-state index contributed by atoms with van der Waals surface area (Å²) in [5.74, 6) is 6.21. The number of carbonyl (C=O) groups excluding carboxylic acids is 1. The lowest BCUT2D eigenvalue weighted by molar-refractivity contribution is -0.657. The van der Waals surface area contributed by atoms with Crippen LogP contribution in [0.3, 0.4) is 0 Å². The number of hydrogen-bond acceptors (Lipinski definition) is 11. The molecule has 71 heavy (non-hydrogen) atoms. The van der Waals surface area contributed by atoms with E-state index in [-0.39, 0.29) is 24.8 Å². The van der Waals surface area contributed by atoms with Crippen LogP contribution in [0.1, 0.15) is 133 Å². The van der Waals surface area contributed by atoms with E-state index in [9.17, 15) is 9.59 Å². The average Bonchev–Trinajstić information content (AvgIpc) is 4.19. The van der Waals surface area contributed by atoms with Crippen LogP contribution in [0, 0.1) is 17.8 Å². The summed E-state index contributed by atoms with van der Waals surface area (Å²) in [6, 6.07) is 17.4. The molecule has 4 aromatic rings. The summed E-state index contributed by atoms with van der Waals surface area (Å²) < 4.78 is 7.81. The average molecular weight is 1090 g/mol. The van der Waals surface area contributed by atoms with Gasteiger partial charge in [0.25, 0.3) is 0 Å². The maximum atomic E-state index is 12.4. The van der Waals surface area contributed by atoms with Gasteiger partial charge in [0.15, 0.2) is 0 Å². The number of carboxylic acids is 1. The van der Waals surface area contributed by atoms with E-state index in [0.29, 0.717) is 24.2 Å². The third-order valence-electron chi connectivity index (χ3n) is 13.9. The maximum absolute atomic E-state index is 12.4. The van der Waals surface area contributed by atoms with Gasteiger partial charge in [-0.05, 0) is 156 Å². The van der Waals surface area contributed by atoms with Crippen LogP contribution in [0.15, 0.2) is 93.8 Å². The molecule has 0 bridgehead atoms. The number of benzene rings is 2. The smallest absolute Gasteiger partial charge is 0.421 e. The number of hydrogen-bond donors (Lipinski definition) is 2. The number of unbranched alkanes of at least 4 members (excludes halogenated alkanes) is 2. The van der Waals surface area contributed by atoms with Gasteiger partial charge < -0.3 is 35.7 Å². The number of nitrogens with zero attached hydrogens (tertiary/aromatic N) is 8. The second-order valence-corrected chi connectivity index (χ2v) is 25.3. The monoisotopic (exact) mass is 1090 g/mol. The number of imidazole rings is 2. The Morgan fingerprint density at radius 2 is 1.03 bits per heavy atom. The number of aliphatic carboxylic acids is 1. The lowest BCUT2D eigenvalue weighted by atomic mass is 9.77. The minimum absolute atomic E-state index is 0. The fourth-order valence-electron chi connectivity index (χ4n) is 9.64. The fourth-order valence-corrected chi connectivity index (χ4v) is 15.7. The molecule has 4 heterocycles. The molecule has 4 aliphatic rings. The summed E-state index contributed by atoms with van der Waals surface area (Å²) in [7, 11) is 15.9. The number of halogens is 2. The summed E-state index contributed by atoms with van der Waals surface area (Å²) in [5, 5.41) is 27.5. The van der Waals surface area contributed by atoms with E-state index in [2.05, 4.69) is 79.8 Å². The number of ketones is 1. The SMILES string of the molecule is Cn1cc[n+](C)c1N=Nc1ccc(CC2CCC(CC(=O)CCCCC3CCSS3)CC2)cc1.Cn1cc[n+](C)c1N=Nc1ccc(CC2CCC(N)CC2)cc1.O=C(O)CCCCC1CCSS1.[Cl-].[Cl-]. The Hall–Kier alpha value is -2.86. The van der Waals surface area contributed by atoms with Crippen LogP contribution in [0.2, 0.25) is 0 Å². The Labute approximate surface area is 452 Å². The van der Waals surface area contributed by atoms with E-state index in [0.717, 1.165) is 90.6 Å². The molecule has 0 amide bonds. The predicted molar refractivity (Wildman–Crippen MR) is 288 cm³/mol. The Balaban J connectivity index is 0.000000255. The highest BCUT2D eigenvalue weighted by Crippen LogP contribution is 2.41. The molecular weight excluding hydrogens is 1010 g/mol. The molecule has 2 aliphatic carbocycles. The van der Waals surface area contributed by atoms with Gasteiger partial charge in [-0.15, -0.1) is 0 Å². The first-order valence-corrected chi connectivity index (χ1v) is 30.3. The van der Waals surface area contributed by atoms with Crippen LogP contribution in [-0.4, -0.2) is 54.0 Å².